The van der Waals surface area contributed by atoms with Crippen LogP contribution < -0.4 is 5.73 Å². The van der Waals surface area contributed by atoms with Crippen LogP contribution >= 0.6 is 11.3 Å². The molecular weight excluding hydrogens is 298 g/mol. The van der Waals surface area contributed by atoms with E-state index in [-0.39, 0.29) is 5.69 Å². The number of aromatic nitrogens is 1. The van der Waals surface area contributed by atoms with Gasteiger partial charge in [-0.25, -0.2) is 4.98 Å². The van der Waals surface area contributed by atoms with Crippen molar-refractivity contribution in [3.63, 3.8) is 0 Å². The molecule has 0 bridgehead atoms. The Balaban J connectivity index is 1.83. The van der Waals surface area contributed by atoms with Crippen LogP contribution in [0.4, 0.5) is 11.4 Å². The number of nitrogens with two attached hydrogens (primary N) is 1. The summed E-state index contributed by atoms with van der Waals surface area (Å²) < 4.78 is 0. The molecule has 0 unspecified atom stereocenters. The van der Waals surface area contributed by atoms with E-state index in [9.17, 15) is 10.1 Å². The Morgan fingerprint density at radius 1 is 1.18 bits per heavy atom. The second kappa shape index (κ2) is 5.95. The molecule has 6 heteroatoms. The summed E-state index contributed by atoms with van der Waals surface area (Å²) in [7, 11) is 0. The first-order chi connectivity index (χ1) is 10.6. The molecule has 1 heterocycles. The van der Waals surface area contributed by atoms with Gasteiger partial charge >= 0.3 is 0 Å². The zero-order chi connectivity index (χ0) is 15.5. The molecular formula is C16H13N3O2S. The van der Waals surface area contributed by atoms with Gasteiger partial charge < -0.3 is 5.73 Å². The third-order valence-corrected chi connectivity index (χ3v) is 4.09. The van der Waals surface area contributed by atoms with Crippen LogP contribution in [0.15, 0.2) is 53.9 Å². The van der Waals surface area contributed by atoms with E-state index in [1.807, 2.05) is 35.7 Å². The Labute approximate surface area is 131 Å². The minimum absolute atomic E-state index is 0.0746. The molecule has 5 nitrogen and oxygen atoms in total. The number of hydrogen-bond acceptors (Lipinski definition) is 5. The number of hydrogen-bond donors (Lipinski definition) is 1. The third-order valence-electron chi connectivity index (χ3n) is 3.24. The van der Waals surface area contributed by atoms with Crippen LogP contribution in [0.3, 0.4) is 0 Å². The Bertz CT molecular complexity index is 812. The lowest BCUT2D eigenvalue weighted by Gasteiger charge is -1.99. The zero-order valence-electron chi connectivity index (χ0n) is 11.6. The van der Waals surface area contributed by atoms with Crippen LogP contribution in [0.2, 0.25) is 0 Å². The van der Waals surface area contributed by atoms with E-state index in [1.165, 1.54) is 6.07 Å². The molecule has 3 rings (SSSR count). The Hall–Kier alpha value is -2.73. The summed E-state index contributed by atoms with van der Waals surface area (Å²) in [6.07, 6.45) is 0.722. The van der Waals surface area contributed by atoms with Crippen molar-refractivity contribution < 1.29 is 4.92 Å². The van der Waals surface area contributed by atoms with E-state index >= 15 is 0 Å². The molecule has 0 spiro atoms. The molecule has 110 valence electrons. The van der Waals surface area contributed by atoms with Crippen molar-refractivity contribution in [1.82, 2.24) is 4.98 Å². The predicted molar refractivity (Wildman–Crippen MR) is 87.9 cm³/mol. The number of nitro groups is 1. The van der Waals surface area contributed by atoms with Crippen LogP contribution in [0, 0.1) is 10.1 Å². The van der Waals surface area contributed by atoms with Gasteiger partial charge in [0, 0.05) is 35.2 Å². The van der Waals surface area contributed by atoms with Gasteiger partial charge in [-0.05, 0) is 17.7 Å². The van der Waals surface area contributed by atoms with Gasteiger partial charge in [0.1, 0.15) is 0 Å². The molecule has 0 aliphatic rings. The molecule has 0 aliphatic heterocycles. The SMILES string of the molecule is Nc1ccc(Cc2nc(-c3cccc([N+](=O)[O-])c3)cs2)cc1. The van der Waals surface area contributed by atoms with Gasteiger partial charge in [-0.3, -0.25) is 10.1 Å². The second-order valence-corrected chi connectivity index (χ2v) is 5.79. The number of rotatable bonds is 4. The van der Waals surface area contributed by atoms with Crippen molar-refractivity contribution in [2.24, 2.45) is 0 Å². The van der Waals surface area contributed by atoms with Gasteiger partial charge in [0.2, 0.25) is 0 Å². The molecule has 0 saturated heterocycles. The van der Waals surface area contributed by atoms with Crippen LogP contribution in [0.1, 0.15) is 10.6 Å². The highest BCUT2D eigenvalue weighted by Gasteiger charge is 2.10. The van der Waals surface area contributed by atoms with Gasteiger partial charge in [-0.2, -0.15) is 0 Å². The van der Waals surface area contributed by atoms with Gasteiger partial charge in [-0.15, -0.1) is 11.3 Å². The van der Waals surface area contributed by atoms with Crippen molar-refractivity contribution in [3.05, 3.63) is 74.6 Å². The maximum Gasteiger partial charge on any atom is 0.270 e. The normalized spacial score (nSPS) is 10.5. The van der Waals surface area contributed by atoms with Gasteiger partial charge in [0.15, 0.2) is 0 Å². The number of nitro benzene ring substituents is 1. The smallest absolute Gasteiger partial charge is 0.270 e. The molecule has 0 saturated carbocycles. The molecule has 0 fully saturated rings. The van der Waals surface area contributed by atoms with Crippen LogP contribution in [0.25, 0.3) is 11.3 Å². The highest BCUT2D eigenvalue weighted by molar-refractivity contribution is 7.10. The lowest BCUT2D eigenvalue weighted by Crippen LogP contribution is -1.90. The summed E-state index contributed by atoms with van der Waals surface area (Å²) >= 11 is 1.55. The van der Waals surface area contributed by atoms with E-state index in [0.717, 1.165) is 33.9 Å². The molecule has 0 aliphatic carbocycles. The molecule has 0 amide bonds. The fourth-order valence-electron chi connectivity index (χ4n) is 2.11. The maximum absolute atomic E-state index is 10.8. The van der Waals surface area contributed by atoms with Crippen molar-refractivity contribution >= 4 is 22.7 Å². The lowest BCUT2D eigenvalue weighted by molar-refractivity contribution is -0.384. The number of anilines is 1. The van der Waals surface area contributed by atoms with E-state index < -0.39 is 4.92 Å². The van der Waals surface area contributed by atoms with E-state index in [2.05, 4.69) is 4.98 Å². The summed E-state index contributed by atoms with van der Waals surface area (Å²) in [6, 6.07) is 14.2. The van der Waals surface area contributed by atoms with E-state index in [0.29, 0.717) is 0 Å². The average molecular weight is 311 g/mol. The highest BCUT2D eigenvalue weighted by Crippen LogP contribution is 2.26. The monoisotopic (exact) mass is 311 g/mol. The van der Waals surface area contributed by atoms with Crippen LogP contribution in [-0.2, 0) is 6.42 Å². The fraction of sp³-hybridized carbons (Fsp3) is 0.0625. The number of nitrogen functional groups attached to an aromatic ring is 1. The Kier molecular flexibility index (Phi) is 3.84. The summed E-state index contributed by atoms with van der Waals surface area (Å²) in [5.41, 5.74) is 9.14. The Morgan fingerprint density at radius 2 is 1.95 bits per heavy atom. The van der Waals surface area contributed by atoms with Crippen molar-refractivity contribution in [2.75, 3.05) is 5.73 Å². The zero-order valence-corrected chi connectivity index (χ0v) is 12.4. The fourth-order valence-corrected chi connectivity index (χ4v) is 2.95. The first kappa shape index (κ1) is 14.2. The first-order valence-corrected chi connectivity index (χ1v) is 7.53. The maximum atomic E-state index is 10.8. The highest BCUT2D eigenvalue weighted by atomic mass is 32.1. The Morgan fingerprint density at radius 3 is 2.68 bits per heavy atom. The molecule has 0 atom stereocenters. The second-order valence-electron chi connectivity index (χ2n) is 4.85. The number of benzene rings is 2. The average Bonchev–Trinajstić information content (AvgIpc) is 2.98. The number of thiazole rings is 1. The largest absolute Gasteiger partial charge is 0.399 e. The number of non-ortho nitro benzene ring substituents is 1. The summed E-state index contributed by atoms with van der Waals surface area (Å²) in [5, 5.41) is 13.7. The van der Waals surface area contributed by atoms with Crippen molar-refractivity contribution in [1.29, 1.82) is 0 Å². The van der Waals surface area contributed by atoms with Crippen LogP contribution in [0.5, 0.6) is 0 Å². The van der Waals surface area contributed by atoms with Crippen LogP contribution in [-0.4, -0.2) is 9.91 Å². The topological polar surface area (TPSA) is 82.0 Å². The molecule has 2 N–H and O–H groups in total. The van der Waals surface area contributed by atoms with Gasteiger partial charge in [0.25, 0.3) is 5.69 Å². The predicted octanol–water partition coefficient (Wildman–Crippen LogP) is 3.89. The first-order valence-electron chi connectivity index (χ1n) is 6.65. The number of nitrogens with zero attached hydrogens (tertiary/aromatic N) is 2. The quantitative estimate of drug-likeness (QED) is 0.450. The lowest BCUT2D eigenvalue weighted by atomic mass is 10.1. The summed E-state index contributed by atoms with van der Waals surface area (Å²) in [6.45, 7) is 0. The van der Waals surface area contributed by atoms with Gasteiger partial charge in [0.05, 0.1) is 15.6 Å². The van der Waals surface area contributed by atoms with E-state index in [1.54, 1.807) is 23.5 Å². The molecule has 2 aromatic carbocycles. The minimum atomic E-state index is -0.398. The summed E-state index contributed by atoms with van der Waals surface area (Å²) in [5.74, 6) is 0. The van der Waals surface area contributed by atoms with Crippen molar-refractivity contribution in [2.45, 2.75) is 6.42 Å². The van der Waals surface area contributed by atoms with E-state index in [4.69, 9.17) is 5.73 Å². The van der Waals surface area contributed by atoms with Gasteiger partial charge in [-0.1, -0.05) is 24.3 Å². The summed E-state index contributed by atoms with van der Waals surface area (Å²) in [4.78, 5) is 15.0. The van der Waals surface area contributed by atoms with Crippen molar-refractivity contribution in [3.8, 4) is 11.3 Å². The molecule has 1 aromatic heterocycles. The molecule has 22 heavy (non-hydrogen) atoms. The molecule has 3 aromatic rings. The molecule has 0 radical (unpaired) electrons. The standard InChI is InChI=1S/C16H13N3O2S/c17-13-6-4-11(5-7-13)8-16-18-15(10-22-16)12-2-1-3-14(9-12)19(20)21/h1-7,9-10H,8,17H2. The minimum Gasteiger partial charge on any atom is -0.399 e. The third kappa shape index (κ3) is 3.12.